The van der Waals surface area contributed by atoms with Gasteiger partial charge in [-0.15, -0.1) is 0 Å². The Labute approximate surface area is 126 Å². The third-order valence-electron chi connectivity index (χ3n) is 3.05. The molecule has 0 saturated heterocycles. The number of hydrogen-bond acceptors (Lipinski definition) is 3. The molecule has 2 aromatic rings. The first kappa shape index (κ1) is 14.8. The van der Waals surface area contributed by atoms with Crippen LogP contribution in [0.15, 0.2) is 28.9 Å². The molecule has 1 aromatic heterocycles. The SMILES string of the molecule is COc1cnn(C(C)C)c1C(=O)c1cc(C)ccc1Br. The zero-order valence-electron chi connectivity index (χ0n) is 12.0. The van der Waals surface area contributed by atoms with Crippen LogP contribution in [0.5, 0.6) is 5.75 Å². The molecule has 1 aromatic carbocycles. The quantitative estimate of drug-likeness (QED) is 0.798. The van der Waals surface area contributed by atoms with Crippen LogP contribution >= 0.6 is 15.9 Å². The van der Waals surface area contributed by atoms with E-state index in [0.717, 1.165) is 10.0 Å². The van der Waals surface area contributed by atoms with Gasteiger partial charge in [0.15, 0.2) is 11.4 Å². The topological polar surface area (TPSA) is 44.1 Å². The lowest BCUT2D eigenvalue weighted by Crippen LogP contribution is -2.15. The fraction of sp³-hybridized carbons (Fsp3) is 0.333. The molecule has 0 fully saturated rings. The first-order valence-corrected chi connectivity index (χ1v) is 7.17. The number of benzene rings is 1. The van der Waals surface area contributed by atoms with E-state index in [4.69, 9.17) is 4.74 Å². The van der Waals surface area contributed by atoms with Crippen molar-refractivity contribution in [2.24, 2.45) is 0 Å². The van der Waals surface area contributed by atoms with Crippen molar-refractivity contribution < 1.29 is 9.53 Å². The number of carbonyl (C=O) groups excluding carboxylic acids is 1. The van der Waals surface area contributed by atoms with Gasteiger partial charge in [-0.25, -0.2) is 0 Å². The summed E-state index contributed by atoms with van der Waals surface area (Å²) in [4.78, 5) is 12.8. The smallest absolute Gasteiger partial charge is 0.216 e. The van der Waals surface area contributed by atoms with E-state index < -0.39 is 0 Å². The fourth-order valence-electron chi connectivity index (χ4n) is 2.04. The third-order valence-corrected chi connectivity index (χ3v) is 3.74. The molecule has 106 valence electrons. The van der Waals surface area contributed by atoms with E-state index in [1.54, 1.807) is 18.0 Å². The van der Waals surface area contributed by atoms with Crippen molar-refractivity contribution in [3.63, 3.8) is 0 Å². The average Bonchev–Trinajstić information content (AvgIpc) is 2.84. The van der Waals surface area contributed by atoms with Crippen molar-refractivity contribution in [1.82, 2.24) is 9.78 Å². The van der Waals surface area contributed by atoms with Crippen LogP contribution < -0.4 is 4.74 Å². The van der Waals surface area contributed by atoms with Crippen molar-refractivity contribution in [2.75, 3.05) is 7.11 Å². The summed E-state index contributed by atoms with van der Waals surface area (Å²) in [6.07, 6.45) is 1.58. The van der Waals surface area contributed by atoms with E-state index in [2.05, 4.69) is 21.0 Å². The molecule has 1 heterocycles. The summed E-state index contributed by atoms with van der Waals surface area (Å²) in [7, 11) is 1.55. The zero-order valence-corrected chi connectivity index (χ0v) is 13.6. The number of aromatic nitrogens is 2. The van der Waals surface area contributed by atoms with E-state index in [1.807, 2.05) is 39.0 Å². The van der Waals surface area contributed by atoms with Gasteiger partial charge >= 0.3 is 0 Å². The van der Waals surface area contributed by atoms with Gasteiger partial charge in [0.2, 0.25) is 5.78 Å². The maximum atomic E-state index is 12.8. The van der Waals surface area contributed by atoms with E-state index in [9.17, 15) is 4.79 Å². The summed E-state index contributed by atoms with van der Waals surface area (Å²) in [5, 5.41) is 4.24. The minimum absolute atomic E-state index is 0.0847. The highest BCUT2D eigenvalue weighted by atomic mass is 79.9. The second-order valence-electron chi connectivity index (χ2n) is 4.91. The van der Waals surface area contributed by atoms with Gasteiger partial charge in [0.1, 0.15) is 0 Å². The standard InChI is InChI=1S/C15H17BrN2O2/c1-9(2)18-14(13(20-4)8-17-18)15(19)11-7-10(3)5-6-12(11)16/h5-9H,1-4H3. The van der Waals surface area contributed by atoms with Gasteiger partial charge in [-0.1, -0.05) is 27.6 Å². The van der Waals surface area contributed by atoms with E-state index in [0.29, 0.717) is 17.0 Å². The molecular weight excluding hydrogens is 320 g/mol. The molecule has 0 unspecified atom stereocenters. The van der Waals surface area contributed by atoms with Gasteiger partial charge in [0.05, 0.1) is 13.3 Å². The monoisotopic (exact) mass is 336 g/mol. The van der Waals surface area contributed by atoms with Crippen LogP contribution in [0.4, 0.5) is 0 Å². The lowest BCUT2D eigenvalue weighted by atomic mass is 10.0. The number of halogens is 1. The number of ether oxygens (including phenoxy) is 1. The highest BCUT2D eigenvalue weighted by Crippen LogP contribution is 2.27. The predicted molar refractivity (Wildman–Crippen MR) is 81.5 cm³/mol. The van der Waals surface area contributed by atoms with Crippen LogP contribution in [-0.4, -0.2) is 22.7 Å². The number of hydrogen-bond donors (Lipinski definition) is 0. The van der Waals surface area contributed by atoms with Gasteiger partial charge < -0.3 is 4.74 Å². The molecule has 2 rings (SSSR count). The molecule has 20 heavy (non-hydrogen) atoms. The fourth-order valence-corrected chi connectivity index (χ4v) is 2.47. The predicted octanol–water partition coefficient (Wildman–Crippen LogP) is 3.77. The maximum Gasteiger partial charge on any atom is 0.216 e. The molecule has 4 nitrogen and oxygen atoms in total. The van der Waals surface area contributed by atoms with Crippen molar-refractivity contribution in [2.45, 2.75) is 26.8 Å². The number of nitrogens with zero attached hydrogens (tertiary/aromatic N) is 2. The van der Waals surface area contributed by atoms with Crippen molar-refractivity contribution in [3.8, 4) is 5.75 Å². The molecule has 0 saturated carbocycles. The molecule has 0 amide bonds. The first-order chi connectivity index (χ1) is 9.45. The summed E-state index contributed by atoms with van der Waals surface area (Å²) >= 11 is 3.43. The lowest BCUT2D eigenvalue weighted by molar-refractivity contribution is 0.102. The zero-order chi connectivity index (χ0) is 14.9. The second-order valence-corrected chi connectivity index (χ2v) is 5.77. The summed E-state index contributed by atoms with van der Waals surface area (Å²) < 4.78 is 7.73. The Kier molecular flexibility index (Phi) is 4.28. The Morgan fingerprint density at radius 3 is 2.70 bits per heavy atom. The summed E-state index contributed by atoms with van der Waals surface area (Å²) in [5.41, 5.74) is 2.13. The normalized spacial score (nSPS) is 10.9. The second kappa shape index (κ2) is 5.79. The van der Waals surface area contributed by atoms with E-state index in [1.165, 1.54) is 0 Å². The molecule has 0 aliphatic rings. The first-order valence-electron chi connectivity index (χ1n) is 6.38. The third kappa shape index (κ3) is 2.63. The van der Waals surface area contributed by atoms with Crippen molar-refractivity contribution in [3.05, 3.63) is 45.7 Å². The molecule has 5 heteroatoms. The molecule has 0 radical (unpaired) electrons. The summed E-state index contributed by atoms with van der Waals surface area (Å²) in [6, 6.07) is 5.79. The van der Waals surface area contributed by atoms with Crippen LogP contribution in [0, 0.1) is 6.92 Å². The molecule has 0 aliphatic carbocycles. The van der Waals surface area contributed by atoms with Gasteiger partial charge in [-0.3, -0.25) is 9.48 Å². The molecule has 0 N–H and O–H groups in total. The minimum atomic E-state index is -0.0939. The molecule has 0 spiro atoms. The Morgan fingerprint density at radius 2 is 2.10 bits per heavy atom. The van der Waals surface area contributed by atoms with Crippen molar-refractivity contribution >= 4 is 21.7 Å². The van der Waals surface area contributed by atoms with Gasteiger partial charge in [-0.05, 0) is 32.9 Å². The highest BCUT2D eigenvalue weighted by Gasteiger charge is 2.23. The average molecular weight is 337 g/mol. The van der Waals surface area contributed by atoms with E-state index >= 15 is 0 Å². The maximum absolute atomic E-state index is 12.8. The van der Waals surface area contributed by atoms with Crippen LogP contribution in [-0.2, 0) is 0 Å². The Bertz CT molecular complexity index is 647. The minimum Gasteiger partial charge on any atom is -0.493 e. The largest absolute Gasteiger partial charge is 0.493 e. The summed E-state index contributed by atoms with van der Waals surface area (Å²) in [6.45, 7) is 5.92. The van der Waals surface area contributed by atoms with Crippen LogP contribution in [0.3, 0.4) is 0 Å². The molecule has 0 atom stereocenters. The van der Waals surface area contributed by atoms with Gasteiger partial charge in [0, 0.05) is 16.1 Å². The number of rotatable bonds is 4. The Hall–Kier alpha value is -1.62. The molecular formula is C15H17BrN2O2. The van der Waals surface area contributed by atoms with Crippen LogP contribution in [0.2, 0.25) is 0 Å². The highest BCUT2D eigenvalue weighted by molar-refractivity contribution is 9.10. The van der Waals surface area contributed by atoms with Crippen molar-refractivity contribution in [1.29, 1.82) is 0 Å². The Morgan fingerprint density at radius 1 is 1.40 bits per heavy atom. The number of methoxy groups -OCH3 is 1. The summed E-state index contributed by atoms with van der Waals surface area (Å²) in [5.74, 6) is 0.403. The Balaban J connectivity index is 2.58. The van der Waals surface area contributed by atoms with Gasteiger partial charge in [0.25, 0.3) is 0 Å². The van der Waals surface area contributed by atoms with Crippen LogP contribution in [0.25, 0.3) is 0 Å². The van der Waals surface area contributed by atoms with Crippen LogP contribution in [0.1, 0.15) is 41.5 Å². The molecule has 0 aliphatic heterocycles. The lowest BCUT2D eigenvalue weighted by Gasteiger charge is -2.12. The van der Waals surface area contributed by atoms with E-state index in [-0.39, 0.29) is 11.8 Å². The number of aryl methyl sites for hydroxylation is 1. The number of ketones is 1. The number of carbonyl (C=O) groups is 1. The molecule has 0 bridgehead atoms. The van der Waals surface area contributed by atoms with Gasteiger partial charge in [-0.2, -0.15) is 5.10 Å².